The molecule has 43 heavy (non-hydrogen) atoms. The summed E-state index contributed by atoms with van der Waals surface area (Å²) in [5, 5.41) is 2.62. The molecule has 10 nitrogen and oxygen atoms in total. The number of methoxy groups -OCH3 is 2. The molecule has 0 aromatic heterocycles. The Hall–Kier alpha value is -4.25. The van der Waals surface area contributed by atoms with Gasteiger partial charge in [0.25, 0.3) is 0 Å². The lowest BCUT2D eigenvalue weighted by Gasteiger charge is -2.38. The Bertz CT molecular complexity index is 1480. The summed E-state index contributed by atoms with van der Waals surface area (Å²) in [6, 6.07) is 14.9. The van der Waals surface area contributed by atoms with Crippen molar-refractivity contribution in [1.82, 2.24) is 14.7 Å². The molecule has 0 unspecified atom stereocenters. The number of allylic oxidation sites excluding steroid dienone is 1. The van der Waals surface area contributed by atoms with E-state index in [9.17, 15) is 14.4 Å². The molecule has 1 saturated heterocycles. The van der Waals surface area contributed by atoms with Crippen LogP contribution in [0.3, 0.4) is 0 Å². The van der Waals surface area contributed by atoms with Crippen LogP contribution in [-0.4, -0.2) is 78.0 Å². The number of rotatable bonds is 9. The van der Waals surface area contributed by atoms with Crippen molar-refractivity contribution in [2.75, 3.05) is 40.4 Å². The number of piperazine rings is 1. The van der Waals surface area contributed by atoms with Gasteiger partial charge in [0, 0.05) is 38.8 Å². The fourth-order valence-electron chi connectivity index (χ4n) is 5.47. The van der Waals surface area contributed by atoms with Crippen LogP contribution >= 0.6 is 11.8 Å². The summed E-state index contributed by atoms with van der Waals surface area (Å²) in [5.41, 5.74) is 3.61. The van der Waals surface area contributed by atoms with Crippen LogP contribution in [0.15, 0.2) is 75.9 Å². The number of carbonyl (C=O) groups excluding carboxylic acids is 3. The van der Waals surface area contributed by atoms with Crippen LogP contribution in [-0.2, 0) is 25.7 Å². The van der Waals surface area contributed by atoms with Crippen LogP contribution in [0.25, 0.3) is 0 Å². The second-order valence-electron chi connectivity index (χ2n) is 10.3. The predicted octanol–water partition coefficient (Wildman–Crippen LogP) is 4.49. The van der Waals surface area contributed by atoms with Gasteiger partial charge in [-0.1, -0.05) is 55.1 Å². The maximum Gasteiger partial charge on any atom is 0.338 e. The van der Waals surface area contributed by atoms with E-state index in [1.165, 1.54) is 18.9 Å². The van der Waals surface area contributed by atoms with Crippen LogP contribution in [0.1, 0.15) is 43.9 Å². The van der Waals surface area contributed by atoms with E-state index >= 15 is 0 Å². The molecule has 1 fully saturated rings. The summed E-state index contributed by atoms with van der Waals surface area (Å²) in [6.07, 6.45) is 0.664. The van der Waals surface area contributed by atoms with Gasteiger partial charge >= 0.3 is 5.97 Å². The van der Waals surface area contributed by atoms with Crippen LogP contribution in [0.2, 0.25) is 0 Å². The third-order valence-electron chi connectivity index (χ3n) is 7.78. The maximum atomic E-state index is 13.4. The first kappa shape index (κ1) is 30.2. The Labute approximate surface area is 256 Å². The van der Waals surface area contributed by atoms with Crippen LogP contribution in [0.4, 0.5) is 0 Å². The van der Waals surface area contributed by atoms with Gasteiger partial charge in [0.05, 0.1) is 38.0 Å². The normalized spacial score (nSPS) is 18.1. The number of carbonyl (C=O) groups is 3. The summed E-state index contributed by atoms with van der Waals surface area (Å²) in [5.74, 6) is 0.597. The first-order chi connectivity index (χ1) is 20.8. The van der Waals surface area contributed by atoms with Gasteiger partial charge in [-0.2, -0.15) is 0 Å². The number of amidine groups is 1. The second kappa shape index (κ2) is 13.4. The molecule has 0 spiro atoms. The first-order valence-electron chi connectivity index (χ1n) is 14.3. The molecule has 3 aliphatic rings. The van der Waals surface area contributed by atoms with E-state index in [0.29, 0.717) is 67.1 Å². The van der Waals surface area contributed by atoms with E-state index in [2.05, 4.69) is 0 Å². The maximum absolute atomic E-state index is 13.4. The van der Waals surface area contributed by atoms with Crippen LogP contribution in [0.5, 0.6) is 11.5 Å². The van der Waals surface area contributed by atoms with E-state index in [4.69, 9.17) is 19.2 Å². The number of nitrogens with zero attached hydrogens (tertiary/aromatic N) is 4. The molecule has 2 aromatic carbocycles. The van der Waals surface area contributed by atoms with E-state index < -0.39 is 12.0 Å². The van der Waals surface area contributed by atoms with Crippen molar-refractivity contribution in [2.45, 2.75) is 39.3 Å². The summed E-state index contributed by atoms with van der Waals surface area (Å²) in [6.45, 7) is 5.87. The van der Waals surface area contributed by atoms with E-state index in [1.54, 1.807) is 23.8 Å². The molecule has 0 bridgehead atoms. The fourth-order valence-corrected chi connectivity index (χ4v) is 6.41. The molecule has 3 heterocycles. The number of hydrogen-bond donors (Lipinski definition) is 0. The third-order valence-corrected chi connectivity index (χ3v) is 8.67. The number of ether oxygens (including phenoxy) is 3. The van der Waals surface area contributed by atoms with Crippen molar-refractivity contribution in [3.63, 3.8) is 0 Å². The van der Waals surface area contributed by atoms with Gasteiger partial charge in [-0.05, 0) is 35.1 Å². The van der Waals surface area contributed by atoms with Gasteiger partial charge in [-0.25, -0.2) is 9.79 Å². The lowest BCUT2D eigenvalue weighted by molar-refractivity contribution is -0.138. The minimum Gasteiger partial charge on any atom is -0.493 e. The highest BCUT2D eigenvalue weighted by Crippen LogP contribution is 2.47. The van der Waals surface area contributed by atoms with Gasteiger partial charge in [-0.15, -0.1) is 0 Å². The molecular weight excluding hydrogens is 568 g/mol. The smallest absolute Gasteiger partial charge is 0.338 e. The number of benzene rings is 2. The second-order valence-corrected chi connectivity index (χ2v) is 11.2. The molecule has 0 N–H and O–H groups in total. The highest BCUT2D eigenvalue weighted by molar-refractivity contribution is 8.16. The molecule has 11 heteroatoms. The van der Waals surface area contributed by atoms with Gasteiger partial charge in [0.2, 0.25) is 11.8 Å². The van der Waals surface area contributed by atoms with Crippen molar-refractivity contribution in [3.05, 3.63) is 82.0 Å². The number of hydrogen-bond acceptors (Lipinski definition) is 9. The quantitative estimate of drug-likeness (QED) is 0.386. The van der Waals surface area contributed by atoms with Crippen molar-refractivity contribution >= 4 is 34.7 Å². The SMILES string of the molecule is CCC1=C(C(=O)OC)[C@@H](c2ccc(OCc3ccccc3)c(OC)c2)N2C(CC(=O)N3CCN(C(C)=O)CC3)=CSC2=N1. The number of amides is 2. The average molecular weight is 605 g/mol. The Morgan fingerprint density at radius 1 is 0.977 bits per heavy atom. The van der Waals surface area contributed by atoms with Crippen LogP contribution < -0.4 is 9.47 Å². The minimum absolute atomic E-state index is 0.0137. The zero-order valence-corrected chi connectivity index (χ0v) is 25.7. The molecule has 1 atom stereocenters. The fraction of sp³-hybridized carbons (Fsp3) is 0.375. The zero-order chi connectivity index (χ0) is 30.5. The molecule has 0 saturated carbocycles. The molecule has 2 amide bonds. The third kappa shape index (κ3) is 6.41. The summed E-state index contributed by atoms with van der Waals surface area (Å²) in [7, 11) is 2.94. The molecule has 5 rings (SSSR count). The van der Waals surface area contributed by atoms with Crippen molar-refractivity contribution in [1.29, 1.82) is 0 Å². The van der Waals surface area contributed by atoms with Gasteiger partial charge in [0.1, 0.15) is 6.61 Å². The lowest BCUT2D eigenvalue weighted by atomic mass is 9.92. The Balaban J connectivity index is 1.45. The highest BCUT2D eigenvalue weighted by Gasteiger charge is 2.42. The number of thioether (sulfide) groups is 1. The molecule has 0 radical (unpaired) electrons. The van der Waals surface area contributed by atoms with Gasteiger partial charge in [0.15, 0.2) is 16.7 Å². The van der Waals surface area contributed by atoms with E-state index in [-0.39, 0.29) is 18.2 Å². The van der Waals surface area contributed by atoms with E-state index in [1.807, 2.05) is 65.8 Å². The average Bonchev–Trinajstić information content (AvgIpc) is 3.44. The number of aliphatic imine (C=N–C) groups is 1. The molecule has 226 valence electrons. The van der Waals surface area contributed by atoms with E-state index in [0.717, 1.165) is 16.8 Å². The topological polar surface area (TPSA) is 101 Å². The minimum atomic E-state index is -0.587. The highest BCUT2D eigenvalue weighted by atomic mass is 32.2. The Morgan fingerprint density at radius 2 is 1.70 bits per heavy atom. The standard InChI is InChI=1S/C32H36N4O6S/c1-5-25-29(31(39)41-4)30(23-11-12-26(27(17-23)40-3)42-19-22-9-7-6-8-10-22)36-24(20-43-32(36)33-25)18-28(38)35-15-13-34(14-16-35)21(2)37/h6-12,17,20,30H,5,13-16,18-19H2,1-4H3/t30-/m1/s1. The Morgan fingerprint density at radius 3 is 2.35 bits per heavy atom. The first-order valence-corrected chi connectivity index (χ1v) is 15.2. The zero-order valence-electron chi connectivity index (χ0n) is 24.9. The number of esters is 1. The van der Waals surface area contributed by atoms with Crippen LogP contribution in [0, 0.1) is 0 Å². The molecular formula is C32H36N4O6S. The van der Waals surface area contributed by atoms with Crippen molar-refractivity contribution in [3.8, 4) is 11.5 Å². The summed E-state index contributed by atoms with van der Waals surface area (Å²) >= 11 is 1.43. The molecule has 3 aliphatic heterocycles. The molecule has 0 aliphatic carbocycles. The largest absolute Gasteiger partial charge is 0.493 e. The predicted molar refractivity (Wildman–Crippen MR) is 164 cm³/mol. The molecule has 2 aromatic rings. The van der Waals surface area contributed by atoms with Gasteiger partial charge in [-0.3, -0.25) is 9.59 Å². The van der Waals surface area contributed by atoms with Crippen molar-refractivity contribution in [2.24, 2.45) is 4.99 Å². The summed E-state index contributed by atoms with van der Waals surface area (Å²) in [4.78, 5) is 48.8. The monoisotopic (exact) mass is 604 g/mol. The Kier molecular flexibility index (Phi) is 9.40. The summed E-state index contributed by atoms with van der Waals surface area (Å²) < 4.78 is 17.1. The van der Waals surface area contributed by atoms with Crippen molar-refractivity contribution < 1.29 is 28.6 Å². The number of fused-ring (bicyclic) bond motifs is 1. The van der Waals surface area contributed by atoms with Gasteiger partial charge < -0.3 is 28.9 Å². The lowest BCUT2D eigenvalue weighted by Crippen LogP contribution is -2.50.